The molecular weight excluding hydrogens is 829 g/mol. The maximum Gasteiger partial charge on any atom is 0.408 e. The topological polar surface area (TPSA) is 247 Å². The Morgan fingerprint density at radius 2 is 1.35 bits per heavy atom. The number of carbonyl (C=O) groups is 6. The van der Waals surface area contributed by atoms with Crippen LogP contribution in [0.25, 0.3) is 0 Å². The second kappa shape index (κ2) is 24.1. The van der Waals surface area contributed by atoms with E-state index in [9.17, 15) is 37.2 Å². The second-order valence-electron chi connectivity index (χ2n) is 16.5. The maximum atomic E-state index is 14.3. The van der Waals surface area contributed by atoms with Crippen LogP contribution in [0.3, 0.4) is 0 Å². The Kier molecular flexibility index (Phi) is 19.1. The van der Waals surface area contributed by atoms with Crippen molar-refractivity contribution in [1.82, 2.24) is 36.3 Å². The predicted octanol–water partition coefficient (Wildman–Crippen LogP) is 2.73. The van der Waals surface area contributed by atoms with E-state index in [1.54, 1.807) is 62.4 Å². The molecule has 5 unspecified atom stereocenters. The minimum atomic E-state index is -3.89. The van der Waals surface area contributed by atoms with Gasteiger partial charge < -0.3 is 30.9 Å². The van der Waals surface area contributed by atoms with Gasteiger partial charge in [0.1, 0.15) is 36.8 Å². The highest BCUT2D eigenvalue weighted by Crippen LogP contribution is 2.20. The summed E-state index contributed by atoms with van der Waals surface area (Å²) in [5.41, 5.74) is 4.49. The van der Waals surface area contributed by atoms with Crippen molar-refractivity contribution in [1.29, 1.82) is 0 Å². The molecule has 0 aromatic heterocycles. The van der Waals surface area contributed by atoms with E-state index in [2.05, 4.69) is 31.4 Å². The van der Waals surface area contributed by atoms with Gasteiger partial charge in [0, 0.05) is 19.5 Å². The quantitative estimate of drug-likeness (QED) is 0.0337. The average molecular weight is 891 g/mol. The fourth-order valence-corrected chi connectivity index (χ4v) is 8.24. The number of ether oxygens (including phenoxy) is 1. The molecule has 5 atom stereocenters. The molecule has 17 nitrogen and oxygen atoms in total. The summed E-state index contributed by atoms with van der Waals surface area (Å²) in [4.78, 5) is 83.5. The van der Waals surface area contributed by atoms with Crippen molar-refractivity contribution in [3.05, 3.63) is 102 Å². The zero-order valence-corrected chi connectivity index (χ0v) is 37.4. The number of hydrogen-bond donors (Lipinski definition) is 7. The number of alkyl carbamates (subject to hydrolysis) is 1. The number of hydrogen-bond acceptors (Lipinski definition) is 10. The fourth-order valence-electron chi connectivity index (χ4n) is 7.17. The predicted molar refractivity (Wildman–Crippen MR) is 236 cm³/mol. The normalized spacial score (nSPS) is 15.7. The van der Waals surface area contributed by atoms with E-state index in [1.165, 1.54) is 17.0 Å². The Balaban J connectivity index is 1.55. The molecule has 0 bridgehead atoms. The van der Waals surface area contributed by atoms with Crippen molar-refractivity contribution >= 4 is 45.7 Å². The van der Waals surface area contributed by atoms with Crippen LogP contribution in [0, 0.1) is 18.8 Å². The molecule has 0 saturated carbocycles. The summed E-state index contributed by atoms with van der Waals surface area (Å²) in [5.74, 6) is 1.72. The molecule has 1 aliphatic heterocycles. The van der Waals surface area contributed by atoms with Crippen LogP contribution in [-0.2, 0) is 51.8 Å². The third-order valence-electron chi connectivity index (χ3n) is 10.6. The lowest BCUT2D eigenvalue weighted by atomic mass is 9.99. The Labute approximate surface area is 370 Å². The van der Waals surface area contributed by atoms with E-state index >= 15 is 0 Å². The van der Waals surface area contributed by atoms with Crippen LogP contribution in [0.15, 0.2) is 89.8 Å². The standard InChI is InChI=1S/C45H62N8O9S/c1-29(2)26-36(41(55)50-37(27-32-14-8-6-9-15-32)44(58)53-25-13-19-38(53)42(56)52-46)49-40(54)35(18-12-24-47-63(60,61)34-22-20-31(5)21-23-34)48-43(57)39(30(3)4)51-45(59)62-28-33-16-10-7-11-17-33/h6-11,14-17,20-23,29-30,35-39,47H,12-13,18-19,24-28,46H2,1-5H3,(H,48,57)(H,49,54)(H,50,55)(H,51,59)(H,52,56). The van der Waals surface area contributed by atoms with Crippen LogP contribution in [0.1, 0.15) is 76.5 Å². The van der Waals surface area contributed by atoms with Gasteiger partial charge >= 0.3 is 6.09 Å². The van der Waals surface area contributed by atoms with E-state index in [4.69, 9.17) is 10.6 Å². The fraction of sp³-hybridized carbons (Fsp3) is 0.467. The molecule has 3 aromatic carbocycles. The number of sulfonamides is 1. The SMILES string of the molecule is Cc1ccc(S(=O)(=O)NCCCC(NC(=O)C(NC(=O)OCc2ccccc2)C(C)C)C(=O)NC(CC(C)C)C(=O)NC(Cc2ccccc2)C(=O)N2CCCC2C(=O)NN)cc1. The van der Waals surface area contributed by atoms with Gasteiger partial charge in [0.15, 0.2) is 0 Å². The van der Waals surface area contributed by atoms with Crippen molar-refractivity contribution in [2.24, 2.45) is 17.7 Å². The lowest BCUT2D eigenvalue weighted by Gasteiger charge is -2.30. The molecule has 0 spiro atoms. The van der Waals surface area contributed by atoms with Crippen LogP contribution in [0.4, 0.5) is 4.79 Å². The molecular formula is C45H62N8O9S. The van der Waals surface area contributed by atoms with Gasteiger partial charge in [-0.15, -0.1) is 0 Å². The summed E-state index contributed by atoms with van der Waals surface area (Å²) in [6.07, 6.45) is 0.366. The van der Waals surface area contributed by atoms with E-state index in [0.29, 0.717) is 12.8 Å². The summed E-state index contributed by atoms with van der Waals surface area (Å²) < 4.78 is 33.9. The Morgan fingerprint density at radius 1 is 0.762 bits per heavy atom. The number of aryl methyl sites for hydroxylation is 1. The largest absolute Gasteiger partial charge is 0.445 e. The number of nitrogens with two attached hydrogens (primary N) is 1. The molecule has 4 rings (SSSR count). The summed E-state index contributed by atoms with van der Waals surface area (Å²) in [5, 5.41) is 10.9. The summed E-state index contributed by atoms with van der Waals surface area (Å²) in [7, 11) is -3.89. The molecule has 1 aliphatic rings. The highest BCUT2D eigenvalue weighted by Gasteiger charge is 2.39. The van der Waals surface area contributed by atoms with Gasteiger partial charge in [-0.25, -0.2) is 23.8 Å². The van der Waals surface area contributed by atoms with Gasteiger partial charge in [-0.2, -0.15) is 0 Å². The molecule has 18 heteroatoms. The molecule has 6 amide bonds. The zero-order valence-electron chi connectivity index (χ0n) is 36.6. The van der Waals surface area contributed by atoms with Gasteiger partial charge in [0.2, 0.25) is 33.7 Å². The zero-order chi connectivity index (χ0) is 46.1. The van der Waals surface area contributed by atoms with Gasteiger partial charge in [-0.05, 0) is 74.1 Å². The number of likely N-dealkylation sites (tertiary alicyclic amines) is 1. The highest BCUT2D eigenvalue weighted by atomic mass is 32.2. The number of benzene rings is 3. The van der Waals surface area contributed by atoms with Crippen molar-refractivity contribution < 1.29 is 41.9 Å². The minimum Gasteiger partial charge on any atom is -0.445 e. The van der Waals surface area contributed by atoms with Crippen molar-refractivity contribution in [3.63, 3.8) is 0 Å². The maximum absolute atomic E-state index is 14.3. The van der Waals surface area contributed by atoms with Gasteiger partial charge in [-0.1, -0.05) is 106 Å². The van der Waals surface area contributed by atoms with E-state index in [1.807, 2.05) is 45.0 Å². The lowest BCUT2D eigenvalue weighted by Crippen LogP contribution is -2.60. The third kappa shape index (κ3) is 15.5. The Morgan fingerprint density at radius 3 is 1.95 bits per heavy atom. The molecule has 8 N–H and O–H groups in total. The molecule has 3 aromatic rings. The molecule has 1 fully saturated rings. The van der Waals surface area contributed by atoms with Gasteiger partial charge in [-0.3, -0.25) is 29.4 Å². The average Bonchev–Trinajstić information content (AvgIpc) is 3.75. The number of hydrazine groups is 1. The number of carbonyl (C=O) groups excluding carboxylic acids is 6. The first-order chi connectivity index (χ1) is 30.0. The Bertz CT molecular complexity index is 2110. The molecule has 0 radical (unpaired) electrons. The monoisotopic (exact) mass is 890 g/mol. The third-order valence-corrected chi connectivity index (χ3v) is 12.1. The molecule has 1 saturated heterocycles. The molecule has 1 heterocycles. The van der Waals surface area contributed by atoms with Crippen molar-refractivity contribution in [3.8, 4) is 0 Å². The van der Waals surface area contributed by atoms with Gasteiger partial charge in [0.25, 0.3) is 5.91 Å². The molecule has 0 aliphatic carbocycles. The van der Waals surface area contributed by atoms with E-state index in [-0.39, 0.29) is 56.2 Å². The van der Waals surface area contributed by atoms with E-state index < -0.39 is 81.8 Å². The van der Waals surface area contributed by atoms with Crippen LogP contribution in [0.2, 0.25) is 0 Å². The summed E-state index contributed by atoms with van der Waals surface area (Å²) >= 11 is 0. The smallest absolute Gasteiger partial charge is 0.408 e. The number of rotatable bonds is 22. The first kappa shape index (κ1) is 49.8. The molecule has 342 valence electrons. The molecule has 63 heavy (non-hydrogen) atoms. The summed E-state index contributed by atoms with van der Waals surface area (Å²) in [6.45, 7) is 9.11. The second-order valence-corrected chi connectivity index (χ2v) is 18.2. The first-order valence-corrected chi connectivity index (χ1v) is 22.8. The minimum absolute atomic E-state index is 0.0403. The Hall–Kier alpha value is -5.85. The van der Waals surface area contributed by atoms with Crippen molar-refractivity contribution in [2.45, 2.75) is 115 Å². The van der Waals surface area contributed by atoms with Crippen LogP contribution in [-0.4, -0.2) is 92.2 Å². The van der Waals surface area contributed by atoms with Crippen LogP contribution >= 0.6 is 0 Å². The van der Waals surface area contributed by atoms with Crippen LogP contribution in [0.5, 0.6) is 0 Å². The van der Waals surface area contributed by atoms with E-state index in [0.717, 1.165) is 16.7 Å². The number of nitrogens with zero attached hydrogens (tertiary/aromatic N) is 1. The number of nitrogens with one attached hydrogen (secondary N) is 6. The van der Waals surface area contributed by atoms with Crippen molar-refractivity contribution in [2.75, 3.05) is 13.1 Å². The summed E-state index contributed by atoms with van der Waals surface area (Å²) in [6, 6.07) is 18.8. The lowest BCUT2D eigenvalue weighted by molar-refractivity contribution is -0.142. The van der Waals surface area contributed by atoms with Gasteiger partial charge in [0.05, 0.1) is 4.90 Å². The van der Waals surface area contributed by atoms with Crippen LogP contribution < -0.4 is 37.3 Å². The number of amides is 6. The first-order valence-electron chi connectivity index (χ1n) is 21.3. The highest BCUT2D eigenvalue weighted by molar-refractivity contribution is 7.89.